The third kappa shape index (κ3) is 3.59. The highest BCUT2D eigenvalue weighted by molar-refractivity contribution is 6.22. The molecule has 0 bridgehead atoms. The predicted molar refractivity (Wildman–Crippen MR) is 123 cm³/mol. The molecule has 10 heteroatoms. The van der Waals surface area contributed by atoms with E-state index >= 15 is 0 Å². The molecular formula is C25H28N2O8. The molecule has 1 aromatic carbocycles. The number of ketones is 2. The number of aliphatic hydroxyl groups is 3. The van der Waals surface area contributed by atoms with Crippen LogP contribution in [0.1, 0.15) is 50.3 Å². The number of phenols is 1. The summed E-state index contributed by atoms with van der Waals surface area (Å²) in [6.45, 7) is 5.43. The van der Waals surface area contributed by atoms with Crippen LogP contribution in [-0.2, 0) is 32.1 Å². The third-order valence-corrected chi connectivity index (χ3v) is 7.16. The fraction of sp³-hybridized carbons (Fsp3) is 0.440. The van der Waals surface area contributed by atoms with Crippen molar-refractivity contribution in [2.75, 3.05) is 0 Å². The Hall–Kier alpha value is -3.66. The highest BCUT2D eigenvalue weighted by Gasteiger charge is 2.60. The van der Waals surface area contributed by atoms with Gasteiger partial charge in [0, 0.05) is 29.9 Å². The summed E-state index contributed by atoms with van der Waals surface area (Å²) in [5.74, 6) is -6.89. The number of rotatable bonds is 3. The lowest BCUT2D eigenvalue weighted by Crippen LogP contribution is -2.58. The summed E-state index contributed by atoms with van der Waals surface area (Å²) in [4.78, 5) is 50.0. The number of hydrogen-bond donors (Lipinski definition) is 6. The van der Waals surface area contributed by atoms with Crippen molar-refractivity contribution in [2.24, 2.45) is 23.0 Å². The Kier molecular flexibility index (Phi) is 5.55. The first-order valence-corrected chi connectivity index (χ1v) is 11.3. The molecule has 0 spiro atoms. The molecule has 1 fully saturated rings. The van der Waals surface area contributed by atoms with Gasteiger partial charge < -0.3 is 31.5 Å². The van der Waals surface area contributed by atoms with Crippen molar-refractivity contribution in [1.29, 1.82) is 0 Å². The van der Waals surface area contributed by atoms with E-state index in [1.54, 1.807) is 26.8 Å². The zero-order valence-electron chi connectivity index (χ0n) is 19.6. The maximum atomic E-state index is 13.5. The van der Waals surface area contributed by atoms with Crippen LogP contribution in [0.25, 0.3) is 5.76 Å². The molecule has 7 N–H and O–H groups in total. The molecule has 3 atom stereocenters. The summed E-state index contributed by atoms with van der Waals surface area (Å²) in [7, 11) is 0. The number of phenolic OH excluding ortho intramolecular Hbond substituents is 1. The second kappa shape index (κ2) is 7.94. The maximum Gasteiger partial charge on any atom is 0.255 e. The number of amides is 2. The maximum absolute atomic E-state index is 13.5. The van der Waals surface area contributed by atoms with Gasteiger partial charge in [-0.2, -0.15) is 0 Å². The van der Waals surface area contributed by atoms with Crippen LogP contribution in [0.5, 0.6) is 5.75 Å². The van der Waals surface area contributed by atoms with Crippen molar-refractivity contribution in [2.45, 2.75) is 52.2 Å². The Morgan fingerprint density at radius 1 is 1.14 bits per heavy atom. The van der Waals surface area contributed by atoms with Gasteiger partial charge in [0.1, 0.15) is 22.8 Å². The predicted octanol–water partition coefficient (Wildman–Crippen LogP) is 1.09. The summed E-state index contributed by atoms with van der Waals surface area (Å²) in [5.41, 5.74) is 2.10. The largest absolute Gasteiger partial charge is 0.508 e. The molecule has 35 heavy (non-hydrogen) atoms. The lowest BCUT2D eigenvalue weighted by Gasteiger charge is -2.46. The second-order valence-electron chi connectivity index (χ2n) is 10.4. The number of primary amides is 1. The van der Waals surface area contributed by atoms with Gasteiger partial charge in [-0.1, -0.05) is 26.8 Å². The summed E-state index contributed by atoms with van der Waals surface area (Å²) < 4.78 is 0. The van der Waals surface area contributed by atoms with Crippen LogP contribution < -0.4 is 11.1 Å². The molecule has 10 nitrogen and oxygen atoms in total. The monoisotopic (exact) mass is 484 g/mol. The Labute approximate surface area is 201 Å². The van der Waals surface area contributed by atoms with Gasteiger partial charge in [0.15, 0.2) is 11.4 Å². The molecule has 0 radical (unpaired) electrons. The van der Waals surface area contributed by atoms with Gasteiger partial charge in [0.05, 0.1) is 5.56 Å². The average molecular weight is 485 g/mol. The highest BCUT2D eigenvalue weighted by Crippen LogP contribution is 2.52. The van der Waals surface area contributed by atoms with Gasteiger partial charge in [-0.25, -0.2) is 0 Å². The topological polar surface area (TPSA) is 187 Å². The summed E-state index contributed by atoms with van der Waals surface area (Å²) in [5, 5.41) is 46.3. The Bertz CT molecular complexity index is 1250. The number of fused-ring (bicyclic) bond motifs is 3. The third-order valence-electron chi connectivity index (χ3n) is 7.16. The number of carbonyl (C=O) groups is 4. The van der Waals surface area contributed by atoms with Crippen LogP contribution in [-0.4, -0.2) is 49.4 Å². The quantitative estimate of drug-likeness (QED) is 0.344. The van der Waals surface area contributed by atoms with Gasteiger partial charge in [0.25, 0.3) is 5.91 Å². The van der Waals surface area contributed by atoms with Crippen molar-refractivity contribution in [3.05, 3.63) is 45.7 Å². The molecule has 2 amide bonds. The Morgan fingerprint density at radius 2 is 1.80 bits per heavy atom. The lowest BCUT2D eigenvalue weighted by molar-refractivity contribution is -0.147. The van der Waals surface area contributed by atoms with E-state index in [0.717, 1.165) is 0 Å². The van der Waals surface area contributed by atoms with Crippen LogP contribution in [0.3, 0.4) is 0 Å². The van der Waals surface area contributed by atoms with E-state index < -0.39 is 57.4 Å². The lowest BCUT2D eigenvalue weighted by atomic mass is 9.59. The fourth-order valence-electron chi connectivity index (χ4n) is 5.29. The van der Waals surface area contributed by atoms with Crippen LogP contribution >= 0.6 is 0 Å². The molecule has 3 aliphatic rings. The fourth-order valence-corrected chi connectivity index (χ4v) is 5.29. The average Bonchev–Trinajstić information content (AvgIpc) is 2.74. The molecule has 0 aliphatic heterocycles. The molecule has 4 rings (SSSR count). The van der Waals surface area contributed by atoms with Crippen molar-refractivity contribution in [3.8, 4) is 5.75 Å². The van der Waals surface area contributed by atoms with E-state index in [1.807, 2.05) is 0 Å². The summed E-state index contributed by atoms with van der Waals surface area (Å²) >= 11 is 0. The van der Waals surface area contributed by atoms with Crippen molar-refractivity contribution in [3.63, 3.8) is 0 Å². The number of carbonyl (C=O) groups excluding carboxylic acids is 4. The van der Waals surface area contributed by atoms with Crippen LogP contribution in [0.2, 0.25) is 0 Å². The first-order chi connectivity index (χ1) is 16.2. The van der Waals surface area contributed by atoms with Gasteiger partial charge >= 0.3 is 0 Å². The molecule has 186 valence electrons. The van der Waals surface area contributed by atoms with Crippen molar-refractivity contribution in [1.82, 2.24) is 5.32 Å². The number of nitrogens with one attached hydrogen (secondary N) is 1. The molecular weight excluding hydrogens is 456 g/mol. The second-order valence-corrected chi connectivity index (χ2v) is 10.4. The molecule has 0 heterocycles. The zero-order chi connectivity index (χ0) is 26.0. The van der Waals surface area contributed by atoms with E-state index in [0.29, 0.717) is 11.1 Å². The highest BCUT2D eigenvalue weighted by atomic mass is 16.3. The van der Waals surface area contributed by atoms with E-state index in [9.17, 15) is 39.6 Å². The molecule has 0 saturated heterocycles. The molecule has 3 aliphatic carbocycles. The zero-order valence-corrected chi connectivity index (χ0v) is 19.6. The van der Waals surface area contributed by atoms with E-state index in [2.05, 4.69) is 5.32 Å². The number of nitrogens with two attached hydrogens (primary N) is 1. The Balaban J connectivity index is 1.81. The number of benzene rings is 1. The van der Waals surface area contributed by atoms with E-state index in [1.165, 1.54) is 6.07 Å². The van der Waals surface area contributed by atoms with Gasteiger partial charge in [-0.3, -0.25) is 19.2 Å². The molecule has 0 aromatic heterocycles. The Morgan fingerprint density at radius 3 is 2.40 bits per heavy atom. The smallest absolute Gasteiger partial charge is 0.255 e. The van der Waals surface area contributed by atoms with Crippen molar-refractivity contribution >= 4 is 29.1 Å². The summed E-state index contributed by atoms with van der Waals surface area (Å²) in [6, 6.07) is 2.95. The normalized spacial score (nSPS) is 26.2. The summed E-state index contributed by atoms with van der Waals surface area (Å²) in [6.07, 6.45) is -0.146. The minimum Gasteiger partial charge on any atom is -0.508 e. The molecule has 1 aromatic rings. The van der Waals surface area contributed by atoms with E-state index in [4.69, 9.17) is 5.73 Å². The molecule has 1 saturated carbocycles. The number of aliphatic hydroxyl groups excluding tert-OH is 2. The van der Waals surface area contributed by atoms with Crippen molar-refractivity contribution < 1.29 is 39.6 Å². The standard InChI is InChI=1S/C25H28N2O8/c1-24(2,3)23(34)27-9-10-4-5-14(28)17-13(10)7-11-6-12-8-15(29)18(22(26)33)21(32)25(12,35)20(31)16(11)19(17)30/h4-5,11-12,28,30,32,35H,6-9H2,1-3H3,(H2,26,33)(H,27,34). The number of hydrogen-bond acceptors (Lipinski definition) is 8. The SMILES string of the molecule is CC(C)(C)C(=O)NCc1ccc(O)c2c1CC1CC3CC(=O)C(C(N)=O)=C(O)C3(O)C(=O)C1=C2O. The van der Waals surface area contributed by atoms with Gasteiger partial charge in [-0.05, 0) is 36.0 Å². The van der Waals surface area contributed by atoms with Gasteiger partial charge in [-0.15, -0.1) is 0 Å². The van der Waals surface area contributed by atoms with Gasteiger partial charge in [0.2, 0.25) is 11.7 Å². The van der Waals surface area contributed by atoms with Crippen LogP contribution in [0.15, 0.2) is 29.0 Å². The van der Waals surface area contributed by atoms with Crippen LogP contribution in [0.4, 0.5) is 0 Å². The first-order valence-electron chi connectivity index (χ1n) is 11.3. The minimum atomic E-state index is -2.59. The van der Waals surface area contributed by atoms with E-state index in [-0.39, 0.29) is 48.6 Å². The minimum absolute atomic E-state index is 0.000336. The van der Waals surface area contributed by atoms with Crippen LogP contribution in [0, 0.1) is 17.3 Å². The molecule has 3 unspecified atom stereocenters. The number of Topliss-reactive ketones (excluding diaryl/α,β-unsaturated/α-hetero) is 2. The number of aromatic hydroxyl groups is 1. The first kappa shape index (κ1) is 24.5.